The van der Waals surface area contributed by atoms with Crippen molar-refractivity contribution >= 4 is 22.8 Å². The van der Waals surface area contributed by atoms with E-state index in [1.165, 1.54) is 38.5 Å². The van der Waals surface area contributed by atoms with Crippen molar-refractivity contribution in [1.29, 1.82) is 0 Å². The molecule has 0 radical (unpaired) electrons. The van der Waals surface area contributed by atoms with Crippen molar-refractivity contribution in [3.63, 3.8) is 0 Å². The van der Waals surface area contributed by atoms with Crippen molar-refractivity contribution in [3.8, 4) is 11.5 Å². The molecule has 2 aliphatic rings. The van der Waals surface area contributed by atoms with Gasteiger partial charge in [-0.3, -0.25) is 9.59 Å². The van der Waals surface area contributed by atoms with E-state index in [0.29, 0.717) is 35.0 Å². The summed E-state index contributed by atoms with van der Waals surface area (Å²) in [5.41, 5.74) is 2.20. The van der Waals surface area contributed by atoms with Crippen LogP contribution in [0.25, 0.3) is 11.0 Å². The third-order valence-electron chi connectivity index (χ3n) is 8.30. The highest BCUT2D eigenvalue weighted by Crippen LogP contribution is 2.31. The summed E-state index contributed by atoms with van der Waals surface area (Å²) in [6, 6.07) is 13.6. The van der Waals surface area contributed by atoms with Crippen LogP contribution >= 0.6 is 0 Å². The molecule has 0 bridgehead atoms. The smallest absolute Gasteiger partial charge is 0.251 e. The highest BCUT2D eigenvalue weighted by molar-refractivity contribution is 5.95. The first kappa shape index (κ1) is 27.0. The Bertz CT molecular complexity index is 1270. The van der Waals surface area contributed by atoms with E-state index in [2.05, 4.69) is 10.2 Å². The maximum absolute atomic E-state index is 14.1. The number of hydrogen-bond donors (Lipinski definition) is 1. The number of amides is 2. The number of ether oxygens (including phenoxy) is 2. The minimum Gasteiger partial charge on any atom is -0.493 e. The van der Waals surface area contributed by atoms with E-state index in [1.54, 1.807) is 32.4 Å². The lowest BCUT2D eigenvalue weighted by molar-refractivity contribution is -0.138. The van der Waals surface area contributed by atoms with Crippen molar-refractivity contribution in [2.75, 3.05) is 14.2 Å². The molecule has 8 heteroatoms. The fourth-order valence-electron chi connectivity index (χ4n) is 6.32. The lowest BCUT2D eigenvalue weighted by Crippen LogP contribution is -2.50. The molecule has 1 N–H and O–H groups in total. The van der Waals surface area contributed by atoms with Crippen LogP contribution in [0.5, 0.6) is 11.5 Å². The Balaban J connectivity index is 1.37. The van der Waals surface area contributed by atoms with Gasteiger partial charge in [-0.1, -0.05) is 50.7 Å². The Morgan fingerprint density at radius 1 is 0.897 bits per heavy atom. The zero-order valence-electron chi connectivity index (χ0n) is 23.2. The van der Waals surface area contributed by atoms with E-state index in [4.69, 9.17) is 14.5 Å². The van der Waals surface area contributed by atoms with Gasteiger partial charge in [-0.05, 0) is 56.0 Å². The molecule has 3 aromatic rings. The molecule has 1 aromatic heterocycles. The van der Waals surface area contributed by atoms with E-state index in [-0.39, 0.29) is 24.9 Å². The summed E-state index contributed by atoms with van der Waals surface area (Å²) in [7, 11) is 3.11. The number of aromatic nitrogens is 2. The Hall–Kier alpha value is -3.55. The predicted octanol–water partition coefficient (Wildman–Crippen LogP) is 5.48. The van der Waals surface area contributed by atoms with Crippen LogP contribution in [0.15, 0.2) is 42.5 Å². The Morgan fingerprint density at radius 3 is 2.18 bits per heavy atom. The van der Waals surface area contributed by atoms with Gasteiger partial charge in [0.05, 0.1) is 31.8 Å². The number of imidazole rings is 1. The molecule has 2 saturated carbocycles. The van der Waals surface area contributed by atoms with Crippen LogP contribution in [0.2, 0.25) is 0 Å². The molecule has 2 aliphatic carbocycles. The number of hydrogen-bond acceptors (Lipinski definition) is 5. The molecule has 2 aromatic carbocycles. The van der Waals surface area contributed by atoms with Crippen molar-refractivity contribution < 1.29 is 19.1 Å². The average molecular weight is 533 g/mol. The molecule has 1 heterocycles. The molecule has 5 rings (SSSR count). The molecule has 0 unspecified atom stereocenters. The van der Waals surface area contributed by atoms with Gasteiger partial charge < -0.3 is 24.3 Å². The molecule has 2 amide bonds. The summed E-state index contributed by atoms with van der Waals surface area (Å²) in [5.74, 6) is 1.66. The molecule has 208 valence electrons. The molecular formula is C31H40N4O4. The van der Waals surface area contributed by atoms with Gasteiger partial charge in [-0.15, -0.1) is 0 Å². The maximum atomic E-state index is 14.1. The van der Waals surface area contributed by atoms with E-state index in [0.717, 1.165) is 36.7 Å². The molecule has 2 fully saturated rings. The van der Waals surface area contributed by atoms with Crippen LogP contribution < -0.4 is 14.8 Å². The second kappa shape index (κ2) is 12.5. The van der Waals surface area contributed by atoms with Gasteiger partial charge in [-0.25, -0.2) is 4.98 Å². The fraction of sp³-hybridized carbons (Fsp3) is 0.516. The number of methoxy groups -OCH3 is 2. The lowest BCUT2D eigenvalue weighted by Gasteiger charge is -2.42. The molecule has 8 nitrogen and oxygen atoms in total. The van der Waals surface area contributed by atoms with Gasteiger partial charge in [0.1, 0.15) is 12.4 Å². The summed E-state index contributed by atoms with van der Waals surface area (Å²) < 4.78 is 12.6. The SMILES string of the molecule is COc1ccc(C(=O)NCc2nc3ccccc3n2CC(=O)N(C2CCCCC2)C2CCCCC2)cc1OC. The van der Waals surface area contributed by atoms with Crippen molar-refractivity contribution in [2.24, 2.45) is 0 Å². The number of nitrogens with zero attached hydrogens (tertiary/aromatic N) is 3. The summed E-state index contributed by atoms with van der Waals surface area (Å²) in [5, 5.41) is 2.99. The second-order valence-electron chi connectivity index (χ2n) is 10.7. The summed E-state index contributed by atoms with van der Waals surface area (Å²) >= 11 is 0. The van der Waals surface area contributed by atoms with E-state index >= 15 is 0 Å². The maximum Gasteiger partial charge on any atom is 0.251 e. The number of carbonyl (C=O) groups excluding carboxylic acids is 2. The highest BCUT2D eigenvalue weighted by Gasteiger charge is 2.33. The summed E-state index contributed by atoms with van der Waals surface area (Å²) in [4.78, 5) is 34.2. The Labute approximate surface area is 230 Å². The monoisotopic (exact) mass is 532 g/mol. The third kappa shape index (κ3) is 6.05. The first-order valence-corrected chi connectivity index (χ1v) is 14.3. The van der Waals surface area contributed by atoms with Crippen LogP contribution in [0.3, 0.4) is 0 Å². The number of benzene rings is 2. The van der Waals surface area contributed by atoms with Crippen LogP contribution in [0.4, 0.5) is 0 Å². The van der Waals surface area contributed by atoms with Crippen LogP contribution in [-0.4, -0.2) is 52.6 Å². The van der Waals surface area contributed by atoms with Crippen molar-refractivity contribution in [3.05, 3.63) is 53.9 Å². The molecular weight excluding hydrogens is 492 g/mol. The van der Waals surface area contributed by atoms with Crippen molar-refractivity contribution in [2.45, 2.75) is 89.4 Å². The number of carbonyl (C=O) groups is 2. The average Bonchev–Trinajstić information content (AvgIpc) is 3.33. The fourth-order valence-corrected chi connectivity index (χ4v) is 6.32. The van der Waals surface area contributed by atoms with Gasteiger partial charge in [0.25, 0.3) is 5.91 Å². The minimum absolute atomic E-state index is 0.171. The van der Waals surface area contributed by atoms with Crippen LogP contribution in [0.1, 0.15) is 80.4 Å². The van der Waals surface area contributed by atoms with Gasteiger partial charge in [0.2, 0.25) is 5.91 Å². The number of para-hydroxylation sites is 2. The molecule has 0 saturated heterocycles. The molecule has 39 heavy (non-hydrogen) atoms. The van der Waals surface area contributed by atoms with Gasteiger partial charge in [-0.2, -0.15) is 0 Å². The standard InChI is InChI=1S/C31H40N4O4/c1-38-27-18-17-22(19-28(27)39-2)31(37)32-20-29-33-25-15-9-10-16-26(25)34(29)21-30(36)35(23-11-5-3-6-12-23)24-13-7-4-8-14-24/h9-10,15-19,23-24H,3-8,11-14,20-21H2,1-2H3,(H,32,37). The third-order valence-corrected chi connectivity index (χ3v) is 8.30. The van der Waals surface area contributed by atoms with Gasteiger partial charge >= 0.3 is 0 Å². The molecule has 0 spiro atoms. The molecule has 0 atom stereocenters. The molecule has 0 aliphatic heterocycles. The first-order valence-electron chi connectivity index (χ1n) is 14.3. The zero-order valence-corrected chi connectivity index (χ0v) is 23.2. The van der Waals surface area contributed by atoms with Gasteiger partial charge in [0, 0.05) is 17.6 Å². The number of nitrogens with one attached hydrogen (secondary N) is 1. The first-order chi connectivity index (χ1) is 19.1. The largest absolute Gasteiger partial charge is 0.493 e. The normalized spacial score (nSPS) is 16.7. The predicted molar refractivity (Wildman–Crippen MR) is 151 cm³/mol. The van der Waals surface area contributed by atoms with Crippen LogP contribution in [-0.2, 0) is 17.9 Å². The highest BCUT2D eigenvalue weighted by atomic mass is 16.5. The number of rotatable bonds is 9. The van der Waals surface area contributed by atoms with E-state index in [9.17, 15) is 9.59 Å². The van der Waals surface area contributed by atoms with Gasteiger partial charge in [0.15, 0.2) is 11.5 Å². The summed E-state index contributed by atoms with van der Waals surface area (Å²) in [6.45, 7) is 0.442. The van der Waals surface area contributed by atoms with Crippen molar-refractivity contribution in [1.82, 2.24) is 19.8 Å². The topological polar surface area (TPSA) is 85.7 Å². The second-order valence-corrected chi connectivity index (χ2v) is 10.7. The van der Waals surface area contributed by atoms with E-state index in [1.807, 2.05) is 28.8 Å². The quantitative estimate of drug-likeness (QED) is 0.395. The number of fused-ring (bicyclic) bond motifs is 1. The Kier molecular flexibility index (Phi) is 8.69. The van der Waals surface area contributed by atoms with E-state index < -0.39 is 0 Å². The lowest BCUT2D eigenvalue weighted by atomic mass is 9.88. The zero-order chi connectivity index (χ0) is 27.2. The van der Waals surface area contributed by atoms with Crippen LogP contribution in [0, 0.1) is 0 Å². The Morgan fingerprint density at radius 2 is 1.54 bits per heavy atom. The minimum atomic E-state index is -0.244. The summed E-state index contributed by atoms with van der Waals surface area (Å²) in [6.07, 6.45) is 11.7.